The zero-order valence-electron chi connectivity index (χ0n) is 14.8. The van der Waals surface area contributed by atoms with Crippen LogP contribution in [-0.2, 0) is 4.79 Å². The molecule has 0 spiro atoms. The molecule has 4 aromatic rings. The Morgan fingerprint density at radius 1 is 0.731 bits per heavy atom. The van der Waals surface area contributed by atoms with E-state index in [-0.39, 0.29) is 5.91 Å². The smallest absolute Gasteiger partial charge is 0.237 e. The third-order valence-electron chi connectivity index (χ3n) is 4.52. The van der Waals surface area contributed by atoms with E-state index in [2.05, 4.69) is 0 Å². The maximum atomic E-state index is 13.0. The number of amides is 1. The first-order valence-electron chi connectivity index (χ1n) is 8.56. The zero-order chi connectivity index (χ0) is 18.1. The number of carbonyl (C=O) groups is 1. The lowest BCUT2D eigenvalue weighted by Gasteiger charge is -2.20. The molecular weight excluding hydrogens is 322 g/mol. The largest absolute Gasteiger partial charge is 0.348 e. The van der Waals surface area contributed by atoms with Gasteiger partial charge < -0.3 is 4.90 Å². The van der Waals surface area contributed by atoms with Crippen molar-refractivity contribution in [3.63, 3.8) is 0 Å². The average Bonchev–Trinajstić information content (AvgIpc) is 2.68. The summed E-state index contributed by atoms with van der Waals surface area (Å²) in [7, 11) is 3.52. The molecule has 0 aliphatic carbocycles. The van der Waals surface area contributed by atoms with Gasteiger partial charge in [-0.3, -0.25) is 14.8 Å². The molecule has 0 aliphatic heterocycles. The van der Waals surface area contributed by atoms with Crippen LogP contribution in [0, 0.1) is 0 Å². The van der Waals surface area contributed by atoms with Gasteiger partial charge in [0.15, 0.2) is 0 Å². The van der Waals surface area contributed by atoms with Gasteiger partial charge in [-0.1, -0.05) is 48.5 Å². The number of likely N-dealkylation sites (N-methyl/N-ethyl adjacent to an activating group) is 1. The highest BCUT2D eigenvalue weighted by molar-refractivity contribution is 5.88. The predicted octanol–water partition coefficient (Wildman–Crippen LogP) is 4.00. The molecule has 0 unspecified atom stereocenters. The summed E-state index contributed by atoms with van der Waals surface area (Å²) in [5, 5.41) is 2.11. The Balaban J connectivity index is 1.88. The maximum Gasteiger partial charge on any atom is 0.237 e. The second-order valence-corrected chi connectivity index (χ2v) is 6.52. The van der Waals surface area contributed by atoms with Crippen LogP contribution >= 0.6 is 0 Å². The van der Waals surface area contributed by atoms with E-state index in [0.29, 0.717) is 11.4 Å². The van der Waals surface area contributed by atoms with Gasteiger partial charge in [0.05, 0.1) is 22.4 Å². The summed E-state index contributed by atoms with van der Waals surface area (Å²) in [5.74, 6) is -0.560. The molecule has 0 atom stereocenters. The molecular formula is C22H19N3O. The fourth-order valence-corrected chi connectivity index (χ4v) is 3.15. The molecule has 4 rings (SSSR count). The maximum absolute atomic E-state index is 13.0. The summed E-state index contributed by atoms with van der Waals surface area (Å²) in [5.41, 5.74) is 3.18. The van der Waals surface area contributed by atoms with Crippen molar-refractivity contribution in [2.75, 3.05) is 14.1 Å². The van der Waals surface area contributed by atoms with Crippen molar-refractivity contribution in [3.05, 3.63) is 84.2 Å². The molecule has 4 nitrogen and oxygen atoms in total. The summed E-state index contributed by atoms with van der Waals surface area (Å²) in [6.07, 6.45) is 0. The lowest BCUT2D eigenvalue weighted by molar-refractivity contribution is -0.129. The van der Waals surface area contributed by atoms with E-state index in [1.165, 1.54) is 0 Å². The molecule has 1 amide bonds. The summed E-state index contributed by atoms with van der Waals surface area (Å²) in [4.78, 5) is 24.1. The predicted molar refractivity (Wildman–Crippen MR) is 104 cm³/mol. The van der Waals surface area contributed by atoms with Crippen LogP contribution in [0.25, 0.3) is 21.8 Å². The van der Waals surface area contributed by atoms with E-state index in [9.17, 15) is 4.79 Å². The second-order valence-electron chi connectivity index (χ2n) is 6.52. The lowest BCUT2D eigenvalue weighted by atomic mass is 9.97. The monoisotopic (exact) mass is 341 g/mol. The number of nitrogens with zero attached hydrogens (tertiary/aromatic N) is 3. The van der Waals surface area contributed by atoms with Crippen LogP contribution < -0.4 is 0 Å². The molecule has 0 saturated carbocycles. The van der Waals surface area contributed by atoms with Gasteiger partial charge in [-0.25, -0.2) is 0 Å². The Bertz CT molecular complexity index is 1030. The van der Waals surface area contributed by atoms with E-state index in [1.54, 1.807) is 19.0 Å². The van der Waals surface area contributed by atoms with Gasteiger partial charge in [0, 0.05) is 24.9 Å². The number of rotatable bonds is 3. The van der Waals surface area contributed by atoms with Gasteiger partial charge in [0.2, 0.25) is 5.91 Å². The van der Waals surface area contributed by atoms with Crippen LogP contribution in [0.15, 0.2) is 72.8 Å². The summed E-state index contributed by atoms with van der Waals surface area (Å²) in [6, 6.07) is 23.7. The Morgan fingerprint density at radius 3 is 1.65 bits per heavy atom. The van der Waals surface area contributed by atoms with Crippen molar-refractivity contribution in [1.29, 1.82) is 0 Å². The number of para-hydroxylation sites is 2. The quantitative estimate of drug-likeness (QED) is 0.566. The van der Waals surface area contributed by atoms with Crippen molar-refractivity contribution < 1.29 is 4.79 Å². The summed E-state index contributed by atoms with van der Waals surface area (Å²) >= 11 is 0. The first-order valence-corrected chi connectivity index (χ1v) is 8.56. The first kappa shape index (κ1) is 16.2. The van der Waals surface area contributed by atoms with Gasteiger partial charge in [-0.2, -0.15) is 0 Å². The minimum Gasteiger partial charge on any atom is -0.348 e. The number of aromatic nitrogens is 2. The molecule has 26 heavy (non-hydrogen) atoms. The zero-order valence-corrected chi connectivity index (χ0v) is 14.8. The molecule has 2 aromatic carbocycles. The first-order chi connectivity index (χ1) is 12.6. The summed E-state index contributed by atoms with van der Waals surface area (Å²) in [6.45, 7) is 0. The van der Waals surface area contributed by atoms with Crippen LogP contribution in [0.3, 0.4) is 0 Å². The SMILES string of the molecule is CN(C)C(=O)C(c1ccc2ccccc2n1)c1ccc2ccccc2n1. The van der Waals surface area contributed by atoms with Gasteiger partial charge >= 0.3 is 0 Å². The Kier molecular flexibility index (Phi) is 4.09. The Hall–Kier alpha value is -3.27. The van der Waals surface area contributed by atoms with Gasteiger partial charge in [-0.05, 0) is 24.3 Å². The number of benzene rings is 2. The highest BCUT2D eigenvalue weighted by atomic mass is 16.2. The number of hydrogen-bond acceptors (Lipinski definition) is 3. The normalized spacial score (nSPS) is 11.2. The Labute approximate surface area is 152 Å². The fraction of sp³-hybridized carbons (Fsp3) is 0.136. The van der Waals surface area contributed by atoms with Crippen LogP contribution in [0.5, 0.6) is 0 Å². The highest BCUT2D eigenvalue weighted by Crippen LogP contribution is 2.27. The summed E-state index contributed by atoms with van der Waals surface area (Å²) < 4.78 is 0. The third kappa shape index (κ3) is 2.90. The van der Waals surface area contributed by atoms with E-state index in [1.807, 2.05) is 72.8 Å². The molecule has 128 valence electrons. The topological polar surface area (TPSA) is 46.1 Å². The fourth-order valence-electron chi connectivity index (χ4n) is 3.15. The molecule has 0 N–H and O–H groups in total. The van der Waals surface area contributed by atoms with Gasteiger partial charge in [0.25, 0.3) is 0 Å². The van der Waals surface area contributed by atoms with Crippen molar-refractivity contribution in [2.45, 2.75) is 5.92 Å². The molecule has 0 fully saturated rings. The van der Waals surface area contributed by atoms with Crippen LogP contribution in [0.2, 0.25) is 0 Å². The minimum atomic E-state index is -0.529. The molecule has 2 heterocycles. The number of pyridine rings is 2. The van der Waals surface area contributed by atoms with Crippen molar-refractivity contribution in [2.24, 2.45) is 0 Å². The van der Waals surface area contributed by atoms with Crippen LogP contribution in [0.4, 0.5) is 0 Å². The van der Waals surface area contributed by atoms with Crippen LogP contribution in [0.1, 0.15) is 17.3 Å². The van der Waals surface area contributed by atoms with Gasteiger partial charge in [-0.15, -0.1) is 0 Å². The second kappa shape index (κ2) is 6.56. The molecule has 2 aromatic heterocycles. The molecule has 0 radical (unpaired) electrons. The minimum absolute atomic E-state index is 0.0319. The van der Waals surface area contributed by atoms with E-state index in [4.69, 9.17) is 9.97 Å². The van der Waals surface area contributed by atoms with Gasteiger partial charge in [0.1, 0.15) is 5.92 Å². The molecule has 0 saturated heterocycles. The molecule has 4 heteroatoms. The molecule has 0 bridgehead atoms. The highest BCUT2D eigenvalue weighted by Gasteiger charge is 2.27. The standard InChI is InChI=1S/C22H19N3O/c1-25(2)22(26)21(19-13-11-15-7-3-5-9-17(15)23-19)20-14-12-16-8-4-6-10-18(16)24-20/h3-14,21H,1-2H3. The average molecular weight is 341 g/mol. The van der Waals surface area contributed by atoms with Crippen molar-refractivity contribution in [3.8, 4) is 0 Å². The number of hydrogen-bond donors (Lipinski definition) is 0. The van der Waals surface area contributed by atoms with E-state index in [0.717, 1.165) is 21.8 Å². The third-order valence-corrected chi connectivity index (χ3v) is 4.52. The number of fused-ring (bicyclic) bond motifs is 2. The van der Waals surface area contributed by atoms with E-state index >= 15 is 0 Å². The Morgan fingerprint density at radius 2 is 1.19 bits per heavy atom. The van der Waals surface area contributed by atoms with E-state index < -0.39 is 5.92 Å². The number of carbonyl (C=O) groups excluding carboxylic acids is 1. The van der Waals surface area contributed by atoms with Crippen molar-refractivity contribution in [1.82, 2.24) is 14.9 Å². The van der Waals surface area contributed by atoms with Crippen molar-refractivity contribution >= 4 is 27.7 Å². The molecule has 0 aliphatic rings. The van der Waals surface area contributed by atoms with Crippen LogP contribution in [-0.4, -0.2) is 34.9 Å². The lowest BCUT2D eigenvalue weighted by Crippen LogP contribution is -2.30.